The molecule has 0 radical (unpaired) electrons. The minimum atomic E-state index is -0.620. The lowest BCUT2D eigenvalue weighted by Crippen LogP contribution is -2.38. The number of amides is 1. The van der Waals surface area contributed by atoms with Gasteiger partial charge in [0.2, 0.25) is 5.91 Å². The van der Waals surface area contributed by atoms with Gasteiger partial charge in [0.05, 0.1) is 6.42 Å². The molecule has 0 N–H and O–H groups in total. The SMILES string of the molecule is O=C(Cc1ccc(F)cc1F)N1C[C@@H]2C3CCC(CC3)[C@@H]2C1. The van der Waals surface area contributed by atoms with Gasteiger partial charge in [-0.05, 0) is 61.0 Å². The van der Waals surface area contributed by atoms with Crippen molar-refractivity contribution in [1.82, 2.24) is 4.90 Å². The fourth-order valence-electron chi connectivity index (χ4n) is 5.00. The van der Waals surface area contributed by atoms with Crippen LogP contribution in [0.1, 0.15) is 31.2 Å². The molecule has 0 aromatic heterocycles. The van der Waals surface area contributed by atoms with Gasteiger partial charge in [-0.1, -0.05) is 6.07 Å². The fraction of sp³-hybridized carbons (Fsp3) is 0.611. The van der Waals surface area contributed by atoms with Crippen LogP contribution in [0.15, 0.2) is 18.2 Å². The molecule has 1 heterocycles. The van der Waals surface area contributed by atoms with Crippen molar-refractivity contribution in [3.63, 3.8) is 0 Å². The van der Waals surface area contributed by atoms with Crippen molar-refractivity contribution < 1.29 is 13.6 Å². The molecule has 1 aromatic carbocycles. The molecule has 4 heteroatoms. The number of benzene rings is 1. The Morgan fingerprint density at radius 2 is 1.64 bits per heavy atom. The zero-order chi connectivity index (χ0) is 15.3. The molecule has 22 heavy (non-hydrogen) atoms. The minimum absolute atomic E-state index is 0.0145. The van der Waals surface area contributed by atoms with Gasteiger partial charge in [-0.15, -0.1) is 0 Å². The first-order chi connectivity index (χ1) is 10.6. The van der Waals surface area contributed by atoms with Crippen LogP contribution in [0.25, 0.3) is 0 Å². The maximum atomic E-state index is 13.7. The third-order valence-electron chi connectivity index (χ3n) is 6.15. The van der Waals surface area contributed by atoms with E-state index in [0.29, 0.717) is 17.4 Å². The largest absolute Gasteiger partial charge is 0.342 e. The fourth-order valence-corrected chi connectivity index (χ4v) is 5.00. The number of carbonyl (C=O) groups is 1. The van der Waals surface area contributed by atoms with Crippen LogP contribution < -0.4 is 0 Å². The number of halogens is 2. The van der Waals surface area contributed by atoms with E-state index in [1.807, 2.05) is 4.90 Å². The lowest BCUT2D eigenvalue weighted by atomic mass is 9.60. The average Bonchev–Trinajstić information content (AvgIpc) is 2.98. The van der Waals surface area contributed by atoms with E-state index >= 15 is 0 Å². The van der Waals surface area contributed by atoms with E-state index in [4.69, 9.17) is 0 Å². The van der Waals surface area contributed by atoms with Gasteiger partial charge >= 0.3 is 0 Å². The van der Waals surface area contributed by atoms with Gasteiger partial charge in [0, 0.05) is 19.2 Å². The zero-order valence-corrected chi connectivity index (χ0v) is 12.6. The van der Waals surface area contributed by atoms with Gasteiger partial charge in [-0.25, -0.2) is 8.78 Å². The van der Waals surface area contributed by atoms with Gasteiger partial charge in [-0.3, -0.25) is 4.79 Å². The molecule has 4 aliphatic rings. The summed E-state index contributed by atoms with van der Waals surface area (Å²) in [5.41, 5.74) is 0.296. The summed E-state index contributed by atoms with van der Waals surface area (Å²) in [6, 6.07) is 3.46. The van der Waals surface area contributed by atoms with Crippen molar-refractivity contribution in [2.45, 2.75) is 32.1 Å². The monoisotopic (exact) mass is 305 g/mol. The maximum absolute atomic E-state index is 13.7. The van der Waals surface area contributed by atoms with Crippen molar-refractivity contribution in [2.75, 3.05) is 13.1 Å². The Hall–Kier alpha value is -1.45. The Kier molecular flexibility index (Phi) is 3.43. The Balaban J connectivity index is 1.46. The molecule has 0 unspecified atom stereocenters. The van der Waals surface area contributed by atoms with Crippen LogP contribution in [0, 0.1) is 35.3 Å². The average molecular weight is 305 g/mol. The highest BCUT2D eigenvalue weighted by atomic mass is 19.1. The molecule has 3 aliphatic carbocycles. The molecule has 5 rings (SSSR count). The zero-order valence-electron chi connectivity index (χ0n) is 12.6. The number of hydrogen-bond acceptors (Lipinski definition) is 1. The summed E-state index contributed by atoms with van der Waals surface area (Å²) in [6.07, 6.45) is 5.32. The molecule has 0 spiro atoms. The Morgan fingerprint density at radius 1 is 1.05 bits per heavy atom. The number of fused-ring (bicyclic) bond motifs is 2. The normalized spacial score (nSPS) is 33.1. The van der Waals surface area contributed by atoms with E-state index < -0.39 is 11.6 Å². The van der Waals surface area contributed by atoms with Crippen LogP contribution in [0.5, 0.6) is 0 Å². The van der Waals surface area contributed by atoms with Gasteiger partial charge in [0.15, 0.2) is 0 Å². The van der Waals surface area contributed by atoms with Crippen molar-refractivity contribution in [1.29, 1.82) is 0 Å². The second kappa shape index (κ2) is 5.32. The number of rotatable bonds is 2. The lowest BCUT2D eigenvalue weighted by molar-refractivity contribution is -0.129. The Morgan fingerprint density at radius 3 is 2.18 bits per heavy atom. The highest BCUT2D eigenvalue weighted by molar-refractivity contribution is 5.79. The highest BCUT2D eigenvalue weighted by Gasteiger charge is 2.48. The van der Waals surface area contributed by atoms with Crippen LogP contribution in [-0.2, 0) is 11.2 Å². The van der Waals surface area contributed by atoms with Gasteiger partial charge in [0.1, 0.15) is 11.6 Å². The molecule has 2 nitrogen and oxygen atoms in total. The third kappa shape index (κ3) is 2.33. The van der Waals surface area contributed by atoms with E-state index in [2.05, 4.69) is 0 Å². The molecule has 2 bridgehead atoms. The minimum Gasteiger partial charge on any atom is -0.342 e. The van der Waals surface area contributed by atoms with Crippen LogP contribution in [0.2, 0.25) is 0 Å². The van der Waals surface area contributed by atoms with Crippen LogP contribution >= 0.6 is 0 Å². The number of carbonyl (C=O) groups excluding carboxylic acids is 1. The van der Waals surface area contributed by atoms with Crippen molar-refractivity contribution in [3.8, 4) is 0 Å². The Labute approximate surface area is 129 Å². The summed E-state index contributed by atoms with van der Waals surface area (Å²) in [7, 11) is 0. The topological polar surface area (TPSA) is 20.3 Å². The van der Waals surface area contributed by atoms with Gasteiger partial charge in [0.25, 0.3) is 0 Å². The molecule has 2 atom stereocenters. The summed E-state index contributed by atoms with van der Waals surface area (Å²) in [5, 5.41) is 0. The molecule has 118 valence electrons. The summed E-state index contributed by atoms with van der Waals surface area (Å²) < 4.78 is 26.7. The van der Waals surface area contributed by atoms with E-state index in [-0.39, 0.29) is 12.3 Å². The van der Waals surface area contributed by atoms with E-state index in [1.54, 1.807) is 0 Å². The summed E-state index contributed by atoms with van der Waals surface area (Å²) in [5.74, 6) is 1.66. The second-order valence-electron chi connectivity index (χ2n) is 7.21. The second-order valence-corrected chi connectivity index (χ2v) is 7.21. The van der Waals surface area contributed by atoms with Crippen molar-refractivity contribution in [2.24, 2.45) is 23.7 Å². The summed E-state index contributed by atoms with van der Waals surface area (Å²) >= 11 is 0. The standard InChI is InChI=1S/C18H21F2NO/c19-14-6-5-13(17(20)8-14)7-18(22)21-9-15-11-1-2-12(4-3-11)16(15)10-21/h5-6,8,11-12,15-16H,1-4,7,9-10H2/t11?,12?,15-,16+. The van der Waals surface area contributed by atoms with E-state index in [0.717, 1.165) is 31.0 Å². The number of nitrogens with zero attached hydrogens (tertiary/aromatic N) is 1. The molecular weight excluding hydrogens is 284 g/mol. The first-order valence-electron chi connectivity index (χ1n) is 8.33. The Bertz CT molecular complexity index is 575. The number of likely N-dealkylation sites (tertiary alicyclic amines) is 1. The van der Waals surface area contributed by atoms with Gasteiger partial charge < -0.3 is 4.90 Å². The molecule has 1 saturated heterocycles. The first kappa shape index (κ1) is 14.2. The third-order valence-corrected chi connectivity index (χ3v) is 6.15. The van der Waals surface area contributed by atoms with E-state index in [9.17, 15) is 13.6 Å². The maximum Gasteiger partial charge on any atom is 0.227 e. The van der Waals surface area contributed by atoms with Crippen molar-refractivity contribution in [3.05, 3.63) is 35.4 Å². The van der Waals surface area contributed by atoms with Crippen LogP contribution in [0.3, 0.4) is 0 Å². The van der Waals surface area contributed by atoms with Crippen LogP contribution in [-0.4, -0.2) is 23.9 Å². The first-order valence-corrected chi connectivity index (χ1v) is 8.33. The molecule has 1 aliphatic heterocycles. The molecule has 4 fully saturated rings. The smallest absolute Gasteiger partial charge is 0.227 e. The summed E-state index contributed by atoms with van der Waals surface area (Å²) in [6.45, 7) is 1.68. The van der Waals surface area contributed by atoms with Crippen LogP contribution in [0.4, 0.5) is 8.78 Å². The predicted molar refractivity (Wildman–Crippen MR) is 79.1 cm³/mol. The highest BCUT2D eigenvalue weighted by Crippen LogP contribution is 2.51. The molecular formula is C18H21F2NO. The lowest BCUT2D eigenvalue weighted by Gasteiger charge is -2.44. The van der Waals surface area contributed by atoms with Gasteiger partial charge in [-0.2, -0.15) is 0 Å². The summed E-state index contributed by atoms with van der Waals surface area (Å²) in [4.78, 5) is 14.4. The number of hydrogen-bond donors (Lipinski definition) is 0. The molecule has 1 aromatic rings. The predicted octanol–water partition coefficient (Wildman–Crippen LogP) is 3.40. The van der Waals surface area contributed by atoms with E-state index in [1.165, 1.54) is 37.8 Å². The molecule has 3 saturated carbocycles. The molecule has 1 amide bonds. The van der Waals surface area contributed by atoms with Crippen molar-refractivity contribution >= 4 is 5.91 Å². The quantitative estimate of drug-likeness (QED) is 0.820.